The lowest BCUT2D eigenvalue weighted by Gasteiger charge is -2.14. The maximum atomic E-state index is 12.8. The lowest BCUT2D eigenvalue weighted by molar-refractivity contribution is -0.138. The summed E-state index contributed by atoms with van der Waals surface area (Å²) in [5, 5.41) is 12.5. The van der Waals surface area contributed by atoms with Crippen LogP contribution < -0.4 is 4.74 Å². The third kappa shape index (κ3) is 5.04. The fraction of sp³-hybridized carbons (Fsp3) is 0.250. The zero-order valence-electron chi connectivity index (χ0n) is 17.8. The number of hydrogen-bond donors (Lipinski definition) is 1. The molecule has 4 rings (SSSR count). The summed E-state index contributed by atoms with van der Waals surface area (Å²) in [4.78, 5) is 16.8. The molecule has 0 fully saturated rings. The molecule has 4 aromatic rings. The molecule has 0 aliphatic carbocycles. The van der Waals surface area contributed by atoms with Gasteiger partial charge in [-0.25, -0.2) is 4.98 Å². The van der Waals surface area contributed by atoms with Gasteiger partial charge >= 0.3 is 12.1 Å². The van der Waals surface area contributed by atoms with Crippen LogP contribution in [-0.2, 0) is 17.4 Å². The molecule has 0 spiro atoms. The van der Waals surface area contributed by atoms with Crippen LogP contribution in [0.4, 0.5) is 13.2 Å². The summed E-state index contributed by atoms with van der Waals surface area (Å²) < 4.78 is 45.5. The number of thiazole rings is 1. The second-order valence-corrected chi connectivity index (χ2v) is 9.82. The quantitative estimate of drug-likeness (QED) is 0.298. The Hall–Kier alpha value is -2.91. The van der Waals surface area contributed by atoms with E-state index in [1.807, 2.05) is 37.4 Å². The number of thiophene rings is 1. The molecule has 172 valence electrons. The highest BCUT2D eigenvalue weighted by Crippen LogP contribution is 2.37. The van der Waals surface area contributed by atoms with E-state index in [0.717, 1.165) is 38.4 Å². The molecule has 0 saturated carbocycles. The first-order valence-corrected chi connectivity index (χ1v) is 11.8. The van der Waals surface area contributed by atoms with Crippen molar-refractivity contribution in [1.29, 1.82) is 0 Å². The number of aromatic nitrogens is 1. The normalized spacial score (nSPS) is 12.8. The number of halogens is 3. The maximum absolute atomic E-state index is 12.8. The van der Waals surface area contributed by atoms with Gasteiger partial charge in [-0.2, -0.15) is 13.2 Å². The molecule has 0 radical (unpaired) electrons. The average Bonchev–Trinajstić information content (AvgIpc) is 3.35. The molecular formula is C24H20F3NO3S2. The van der Waals surface area contributed by atoms with Crippen LogP contribution in [0, 0.1) is 6.92 Å². The SMILES string of the molecule is Cc1sc(-c2ccc(C(F)(F)F)cc2)nc1[C@@H](C)COc1cccc2scc(CC(=O)O)c12. The van der Waals surface area contributed by atoms with E-state index in [1.54, 1.807) is 0 Å². The zero-order chi connectivity index (χ0) is 23.8. The molecule has 2 aromatic heterocycles. The Morgan fingerprint density at radius 3 is 2.58 bits per heavy atom. The van der Waals surface area contributed by atoms with E-state index in [-0.39, 0.29) is 12.3 Å². The number of aliphatic carboxylic acids is 1. The van der Waals surface area contributed by atoms with E-state index in [9.17, 15) is 23.1 Å². The average molecular weight is 492 g/mol. The van der Waals surface area contributed by atoms with Crippen LogP contribution in [0.2, 0.25) is 0 Å². The molecule has 1 N–H and O–H groups in total. The van der Waals surface area contributed by atoms with Gasteiger partial charge < -0.3 is 9.84 Å². The fourth-order valence-corrected chi connectivity index (χ4v) is 5.63. The number of carboxylic acid groups (broad SMARTS) is 1. The van der Waals surface area contributed by atoms with E-state index in [4.69, 9.17) is 4.74 Å². The molecule has 0 aliphatic heterocycles. The number of alkyl halides is 3. The van der Waals surface area contributed by atoms with Gasteiger partial charge in [0.05, 0.1) is 24.3 Å². The number of benzene rings is 2. The third-order valence-corrected chi connectivity index (χ3v) is 7.26. The molecule has 2 aromatic carbocycles. The monoisotopic (exact) mass is 491 g/mol. The molecule has 0 saturated heterocycles. The molecule has 0 aliphatic rings. The Morgan fingerprint density at radius 2 is 1.91 bits per heavy atom. The van der Waals surface area contributed by atoms with Crippen LogP contribution in [0.3, 0.4) is 0 Å². The van der Waals surface area contributed by atoms with Gasteiger partial charge in [0.25, 0.3) is 0 Å². The highest BCUT2D eigenvalue weighted by Gasteiger charge is 2.30. The molecular weight excluding hydrogens is 471 g/mol. The van der Waals surface area contributed by atoms with Crippen LogP contribution in [0.15, 0.2) is 47.8 Å². The van der Waals surface area contributed by atoms with E-state index >= 15 is 0 Å². The van der Waals surface area contributed by atoms with Crippen molar-refractivity contribution in [2.45, 2.75) is 32.4 Å². The van der Waals surface area contributed by atoms with Crippen LogP contribution in [-0.4, -0.2) is 22.7 Å². The summed E-state index contributed by atoms with van der Waals surface area (Å²) in [6.45, 7) is 4.24. The fourth-order valence-electron chi connectivity index (χ4n) is 3.62. The Bertz CT molecular complexity index is 1290. The number of fused-ring (bicyclic) bond motifs is 1. The molecule has 33 heavy (non-hydrogen) atoms. The number of rotatable bonds is 7. The summed E-state index contributed by atoms with van der Waals surface area (Å²) in [5.41, 5.74) is 1.50. The summed E-state index contributed by atoms with van der Waals surface area (Å²) >= 11 is 2.91. The van der Waals surface area contributed by atoms with Crippen molar-refractivity contribution in [3.63, 3.8) is 0 Å². The number of ether oxygens (including phenoxy) is 1. The molecule has 1 atom stereocenters. The van der Waals surface area contributed by atoms with E-state index in [1.165, 1.54) is 34.8 Å². The summed E-state index contributed by atoms with van der Waals surface area (Å²) in [7, 11) is 0. The van der Waals surface area contributed by atoms with Crippen LogP contribution >= 0.6 is 22.7 Å². The van der Waals surface area contributed by atoms with Gasteiger partial charge in [0, 0.05) is 26.4 Å². The number of aryl methyl sites for hydroxylation is 1. The van der Waals surface area contributed by atoms with Gasteiger partial charge in [-0.1, -0.05) is 25.1 Å². The first-order chi connectivity index (χ1) is 15.6. The van der Waals surface area contributed by atoms with Crippen molar-refractivity contribution >= 4 is 38.7 Å². The zero-order valence-corrected chi connectivity index (χ0v) is 19.4. The van der Waals surface area contributed by atoms with Gasteiger partial charge in [0.1, 0.15) is 10.8 Å². The molecule has 0 unspecified atom stereocenters. The van der Waals surface area contributed by atoms with E-state index in [0.29, 0.717) is 22.9 Å². The number of carboxylic acids is 1. The second-order valence-electron chi connectivity index (χ2n) is 7.71. The Labute approximate surface area is 196 Å². The van der Waals surface area contributed by atoms with Crippen molar-refractivity contribution < 1.29 is 27.8 Å². The van der Waals surface area contributed by atoms with E-state index in [2.05, 4.69) is 4.98 Å². The summed E-state index contributed by atoms with van der Waals surface area (Å²) in [6.07, 6.45) is -4.44. The van der Waals surface area contributed by atoms with Crippen LogP contribution in [0.1, 0.15) is 34.5 Å². The van der Waals surface area contributed by atoms with Gasteiger partial charge in [-0.15, -0.1) is 22.7 Å². The molecule has 0 amide bonds. The third-order valence-electron chi connectivity index (χ3n) is 5.23. The minimum atomic E-state index is -4.37. The highest BCUT2D eigenvalue weighted by atomic mass is 32.1. The minimum absolute atomic E-state index is 0.0683. The predicted molar refractivity (Wildman–Crippen MR) is 124 cm³/mol. The van der Waals surface area contributed by atoms with Crippen molar-refractivity contribution in [2.24, 2.45) is 0 Å². The van der Waals surface area contributed by atoms with Crippen molar-refractivity contribution in [2.75, 3.05) is 6.61 Å². The molecule has 2 heterocycles. The topological polar surface area (TPSA) is 59.4 Å². The van der Waals surface area contributed by atoms with Gasteiger partial charge in [-0.3, -0.25) is 4.79 Å². The van der Waals surface area contributed by atoms with Crippen molar-refractivity contribution in [3.05, 3.63) is 69.5 Å². The van der Waals surface area contributed by atoms with Gasteiger partial charge in [0.2, 0.25) is 0 Å². The smallest absolute Gasteiger partial charge is 0.416 e. The lowest BCUT2D eigenvalue weighted by atomic mass is 10.1. The van der Waals surface area contributed by atoms with E-state index < -0.39 is 17.7 Å². The Balaban J connectivity index is 1.52. The number of nitrogens with zero attached hydrogens (tertiary/aromatic N) is 1. The van der Waals surface area contributed by atoms with Crippen LogP contribution in [0.25, 0.3) is 20.7 Å². The highest BCUT2D eigenvalue weighted by molar-refractivity contribution is 7.17. The number of carbonyl (C=O) groups is 1. The summed E-state index contributed by atoms with van der Waals surface area (Å²) in [6, 6.07) is 10.6. The molecule has 9 heteroatoms. The van der Waals surface area contributed by atoms with Crippen molar-refractivity contribution in [1.82, 2.24) is 4.98 Å². The maximum Gasteiger partial charge on any atom is 0.416 e. The first-order valence-electron chi connectivity index (χ1n) is 10.1. The van der Waals surface area contributed by atoms with Gasteiger partial charge in [-0.05, 0) is 42.1 Å². The van der Waals surface area contributed by atoms with Gasteiger partial charge in [0.15, 0.2) is 0 Å². The standard InChI is InChI=1S/C24H20F3NO3S2/c1-13(11-31-18-4-3-5-19-21(18)16(12-32-19)10-20(29)30)22-14(2)33-23(28-22)15-6-8-17(9-7-15)24(25,26)27/h3-9,12-13H,10-11H2,1-2H3,(H,29,30)/t13-/m0/s1. The molecule has 0 bridgehead atoms. The molecule has 4 nitrogen and oxygen atoms in total. The Kier molecular flexibility index (Phi) is 6.45. The predicted octanol–water partition coefficient (Wildman–Crippen LogP) is 7.16. The lowest BCUT2D eigenvalue weighted by Crippen LogP contribution is -2.09. The van der Waals surface area contributed by atoms with Crippen LogP contribution in [0.5, 0.6) is 5.75 Å². The Morgan fingerprint density at radius 1 is 1.18 bits per heavy atom. The van der Waals surface area contributed by atoms with Crippen molar-refractivity contribution in [3.8, 4) is 16.3 Å². The minimum Gasteiger partial charge on any atom is -0.492 e. The summed E-state index contributed by atoms with van der Waals surface area (Å²) in [5.74, 6) is -0.333. The first kappa shape index (κ1) is 23.3. The number of hydrogen-bond acceptors (Lipinski definition) is 5. The largest absolute Gasteiger partial charge is 0.492 e. The second kappa shape index (κ2) is 9.15.